The van der Waals surface area contributed by atoms with Crippen LogP contribution in [-0.4, -0.2) is 53.7 Å². The SMILES string of the molecule is CCN(CC(COC)NC(=O)c1ccc2c(c1)CC(c1cc(N)nc3nc(C)[nH]c13)N2)c1ccccc1. The molecule has 0 saturated heterocycles. The summed E-state index contributed by atoms with van der Waals surface area (Å²) < 4.78 is 5.43. The Bertz CT molecular complexity index is 1400. The molecule has 3 heterocycles. The molecule has 2 atom stereocenters. The molecule has 1 aliphatic heterocycles. The van der Waals surface area contributed by atoms with Crippen molar-refractivity contribution in [1.29, 1.82) is 0 Å². The number of nitrogens with zero attached hydrogens (tertiary/aromatic N) is 3. The van der Waals surface area contributed by atoms with Crippen LogP contribution in [0.1, 0.15) is 40.3 Å². The van der Waals surface area contributed by atoms with Crippen molar-refractivity contribution in [2.45, 2.75) is 32.4 Å². The molecule has 1 amide bonds. The van der Waals surface area contributed by atoms with Crippen molar-refractivity contribution in [3.05, 3.63) is 77.1 Å². The number of nitrogen functional groups attached to an aromatic ring is 1. The molecule has 0 aliphatic carbocycles. The van der Waals surface area contributed by atoms with Gasteiger partial charge in [-0.25, -0.2) is 9.97 Å². The van der Waals surface area contributed by atoms with Crippen molar-refractivity contribution in [2.24, 2.45) is 0 Å². The third-order valence-corrected chi connectivity index (χ3v) is 6.77. The number of pyridine rings is 1. The van der Waals surface area contributed by atoms with Gasteiger partial charge in [0.2, 0.25) is 0 Å². The van der Waals surface area contributed by atoms with Gasteiger partial charge in [-0.3, -0.25) is 4.79 Å². The number of rotatable bonds is 9. The monoisotopic (exact) mass is 499 g/mol. The number of anilines is 3. The minimum absolute atomic E-state index is 0.00573. The van der Waals surface area contributed by atoms with E-state index in [2.05, 4.69) is 49.5 Å². The summed E-state index contributed by atoms with van der Waals surface area (Å²) in [5, 5.41) is 6.74. The topological polar surface area (TPSA) is 121 Å². The smallest absolute Gasteiger partial charge is 0.251 e. The second kappa shape index (κ2) is 10.5. The fourth-order valence-corrected chi connectivity index (χ4v) is 5.05. The number of nitrogens with one attached hydrogen (secondary N) is 3. The van der Waals surface area contributed by atoms with E-state index in [1.807, 2.05) is 49.4 Å². The fourth-order valence-electron chi connectivity index (χ4n) is 5.05. The van der Waals surface area contributed by atoms with Crippen molar-refractivity contribution in [1.82, 2.24) is 20.3 Å². The minimum Gasteiger partial charge on any atom is -0.384 e. The molecule has 2 aromatic heterocycles. The lowest BCUT2D eigenvalue weighted by atomic mass is 10.0. The number of carbonyl (C=O) groups is 1. The maximum atomic E-state index is 13.3. The number of ether oxygens (including phenoxy) is 1. The zero-order valence-electron chi connectivity index (χ0n) is 21.4. The number of benzene rings is 2. The van der Waals surface area contributed by atoms with Gasteiger partial charge < -0.3 is 31.0 Å². The molecule has 9 nitrogen and oxygen atoms in total. The Morgan fingerprint density at radius 3 is 2.78 bits per heavy atom. The van der Waals surface area contributed by atoms with Gasteiger partial charge >= 0.3 is 0 Å². The van der Waals surface area contributed by atoms with Crippen LogP contribution in [0.5, 0.6) is 0 Å². The van der Waals surface area contributed by atoms with Crippen LogP contribution < -0.4 is 21.3 Å². The molecule has 2 unspecified atom stereocenters. The Morgan fingerprint density at radius 1 is 1.22 bits per heavy atom. The highest BCUT2D eigenvalue weighted by atomic mass is 16.5. The number of imidazole rings is 1. The predicted octanol–water partition coefficient (Wildman–Crippen LogP) is 3.83. The molecule has 0 saturated carbocycles. The van der Waals surface area contributed by atoms with E-state index in [4.69, 9.17) is 10.5 Å². The molecule has 0 fully saturated rings. The van der Waals surface area contributed by atoms with E-state index in [-0.39, 0.29) is 18.0 Å². The van der Waals surface area contributed by atoms with Crippen molar-refractivity contribution in [3.63, 3.8) is 0 Å². The van der Waals surface area contributed by atoms with Gasteiger partial charge in [0.25, 0.3) is 5.91 Å². The van der Waals surface area contributed by atoms with Crippen LogP contribution in [0.2, 0.25) is 0 Å². The lowest BCUT2D eigenvalue weighted by Crippen LogP contribution is -2.46. The summed E-state index contributed by atoms with van der Waals surface area (Å²) in [5.41, 5.74) is 12.4. The Morgan fingerprint density at radius 2 is 2.03 bits per heavy atom. The molecule has 0 bridgehead atoms. The van der Waals surface area contributed by atoms with Gasteiger partial charge in [0.1, 0.15) is 11.6 Å². The molecule has 192 valence electrons. The zero-order chi connectivity index (χ0) is 25.9. The average Bonchev–Trinajstić information content (AvgIpc) is 3.49. The number of likely N-dealkylation sites (N-methyl/N-ethyl adjacent to an activating group) is 1. The van der Waals surface area contributed by atoms with Crippen LogP contribution in [0.15, 0.2) is 54.6 Å². The molecule has 9 heteroatoms. The number of fused-ring (bicyclic) bond motifs is 2. The third-order valence-electron chi connectivity index (χ3n) is 6.77. The normalized spacial score (nSPS) is 15.3. The Balaban J connectivity index is 1.31. The highest BCUT2D eigenvalue weighted by Gasteiger charge is 2.27. The molecule has 0 spiro atoms. The molecule has 1 aliphatic rings. The number of methoxy groups -OCH3 is 1. The molecule has 2 aromatic carbocycles. The molecule has 4 aromatic rings. The second-order valence-electron chi connectivity index (χ2n) is 9.43. The molecular formula is C28H33N7O2. The quantitative estimate of drug-likeness (QED) is 0.276. The van der Waals surface area contributed by atoms with Gasteiger partial charge in [-0.05, 0) is 62.2 Å². The molecular weight excluding hydrogens is 466 g/mol. The van der Waals surface area contributed by atoms with Crippen molar-refractivity contribution in [3.8, 4) is 0 Å². The summed E-state index contributed by atoms with van der Waals surface area (Å²) in [4.78, 5) is 27.6. The minimum atomic E-state index is -0.159. The van der Waals surface area contributed by atoms with Crippen LogP contribution in [0, 0.1) is 6.92 Å². The molecule has 5 rings (SSSR count). The van der Waals surface area contributed by atoms with E-state index in [1.165, 1.54) is 0 Å². The molecule has 0 radical (unpaired) electrons. The zero-order valence-corrected chi connectivity index (χ0v) is 21.4. The summed E-state index contributed by atoms with van der Waals surface area (Å²) >= 11 is 0. The first-order valence-corrected chi connectivity index (χ1v) is 12.6. The van der Waals surface area contributed by atoms with Gasteiger partial charge in [-0.2, -0.15) is 0 Å². The van der Waals surface area contributed by atoms with Gasteiger partial charge in [-0.15, -0.1) is 0 Å². The predicted molar refractivity (Wildman–Crippen MR) is 147 cm³/mol. The third kappa shape index (κ3) is 5.22. The lowest BCUT2D eigenvalue weighted by Gasteiger charge is -2.28. The summed E-state index contributed by atoms with van der Waals surface area (Å²) in [5.74, 6) is 1.12. The number of amides is 1. The van der Waals surface area contributed by atoms with Crippen LogP contribution in [0.4, 0.5) is 17.2 Å². The number of hydrogen-bond donors (Lipinski definition) is 4. The standard InChI is InChI=1S/C28H33N7O2/c1-4-35(21-8-6-5-7-9-21)15-20(16-37-3)32-28(36)18-10-11-23-19(12-18)13-24(33-23)22-14-25(29)34-27-26(22)30-17(2)31-27/h5-12,14,20,24,33H,4,13,15-16H2,1-3H3,(H,32,36)(H3,29,30,31,34). The summed E-state index contributed by atoms with van der Waals surface area (Å²) in [6.07, 6.45) is 0.728. The van der Waals surface area contributed by atoms with E-state index in [0.29, 0.717) is 30.2 Å². The Labute approximate surface area is 216 Å². The number of carbonyl (C=O) groups excluding carboxylic acids is 1. The number of nitrogens with two attached hydrogens (primary N) is 1. The van der Waals surface area contributed by atoms with Crippen LogP contribution >= 0.6 is 0 Å². The molecule has 5 N–H and O–H groups in total. The summed E-state index contributed by atoms with van der Waals surface area (Å²) in [6, 6.07) is 17.7. The van der Waals surface area contributed by atoms with Crippen LogP contribution in [0.25, 0.3) is 11.2 Å². The first-order valence-electron chi connectivity index (χ1n) is 12.6. The number of hydrogen-bond acceptors (Lipinski definition) is 7. The number of H-pyrrole nitrogens is 1. The number of para-hydroxylation sites is 1. The number of aryl methyl sites for hydroxylation is 1. The van der Waals surface area contributed by atoms with Gasteiger partial charge in [0, 0.05) is 42.7 Å². The maximum absolute atomic E-state index is 13.3. The number of aromatic nitrogens is 3. The van der Waals surface area contributed by atoms with Crippen molar-refractivity contribution >= 4 is 34.3 Å². The van der Waals surface area contributed by atoms with E-state index in [1.54, 1.807) is 7.11 Å². The Kier molecular flexibility index (Phi) is 6.96. The highest BCUT2D eigenvalue weighted by molar-refractivity contribution is 5.95. The summed E-state index contributed by atoms with van der Waals surface area (Å²) in [6.45, 7) is 5.91. The van der Waals surface area contributed by atoms with Crippen molar-refractivity contribution in [2.75, 3.05) is 42.8 Å². The van der Waals surface area contributed by atoms with Gasteiger partial charge in [0.15, 0.2) is 5.65 Å². The second-order valence-corrected chi connectivity index (χ2v) is 9.43. The van der Waals surface area contributed by atoms with Gasteiger partial charge in [0.05, 0.1) is 24.2 Å². The average molecular weight is 500 g/mol. The largest absolute Gasteiger partial charge is 0.384 e. The fraction of sp³-hybridized carbons (Fsp3) is 0.321. The van der Waals surface area contributed by atoms with E-state index in [9.17, 15) is 4.79 Å². The first kappa shape index (κ1) is 24.6. The van der Waals surface area contributed by atoms with Gasteiger partial charge in [-0.1, -0.05) is 18.2 Å². The molecule has 37 heavy (non-hydrogen) atoms. The first-order chi connectivity index (χ1) is 17.9. The van der Waals surface area contributed by atoms with E-state index >= 15 is 0 Å². The summed E-state index contributed by atoms with van der Waals surface area (Å²) in [7, 11) is 1.66. The Hall–Kier alpha value is -4.11. The van der Waals surface area contributed by atoms with Crippen LogP contribution in [-0.2, 0) is 11.2 Å². The van der Waals surface area contributed by atoms with E-state index < -0.39 is 0 Å². The number of aromatic amines is 1. The maximum Gasteiger partial charge on any atom is 0.251 e. The van der Waals surface area contributed by atoms with Crippen LogP contribution in [0.3, 0.4) is 0 Å². The van der Waals surface area contributed by atoms with E-state index in [0.717, 1.165) is 46.8 Å². The lowest BCUT2D eigenvalue weighted by molar-refractivity contribution is 0.0899. The van der Waals surface area contributed by atoms with Crippen molar-refractivity contribution < 1.29 is 9.53 Å². The highest BCUT2D eigenvalue weighted by Crippen LogP contribution is 2.37.